The number of thiazole rings is 1. The number of nitrogens with zero attached hydrogens (tertiary/aromatic N) is 4. The number of rotatable bonds is 7. The smallest absolute Gasteiger partial charge is 0.352 e. The predicted molar refractivity (Wildman–Crippen MR) is 135 cm³/mol. The van der Waals surface area contributed by atoms with Gasteiger partial charge in [-0.25, -0.2) is 9.78 Å². The van der Waals surface area contributed by atoms with Crippen molar-refractivity contribution in [3.63, 3.8) is 0 Å². The lowest BCUT2D eigenvalue weighted by Gasteiger charge is -2.49. The van der Waals surface area contributed by atoms with E-state index < -0.39 is 29.2 Å². The average molecular weight is 532 g/mol. The molecule has 4 N–H and O–H groups in total. The number of likely N-dealkylation sites (N-methyl/N-ethyl adjacent to an activating group) is 1. The summed E-state index contributed by atoms with van der Waals surface area (Å²) in [5.41, 5.74) is 9.20. The Labute approximate surface area is 215 Å². The van der Waals surface area contributed by atoms with Gasteiger partial charge in [-0.2, -0.15) is 0 Å². The largest absolute Gasteiger partial charge is 0.477 e. The SMILES string of the molecule is CO/N=C(\C(=O)N[C@@H]1C(=O)N2C(C(=O)O)=C(C[N+]3(C)C=C4CCCCC4=C3)CS[C@H]12)c1csc(N)n1. The first-order chi connectivity index (χ1) is 17.2. The number of aromatic nitrogens is 1. The van der Waals surface area contributed by atoms with Crippen LogP contribution in [0.2, 0.25) is 0 Å². The second-order valence-corrected chi connectivity index (χ2v) is 11.3. The summed E-state index contributed by atoms with van der Waals surface area (Å²) in [4.78, 5) is 48.4. The van der Waals surface area contributed by atoms with Gasteiger partial charge >= 0.3 is 5.97 Å². The molecule has 1 saturated carbocycles. The van der Waals surface area contributed by atoms with E-state index in [0.29, 0.717) is 22.4 Å². The Bertz CT molecular complexity index is 1240. The first-order valence-corrected chi connectivity index (χ1v) is 13.5. The van der Waals surface area contributed by atoms with E-state index in [1.807, 2.05) is 0 Å². The molecule has 3 aliphatic heterocycles. The molecular formula is C23H27N6O5S2+. The Hall–Kier alpha value is -3.16. The molecule has 36 heavy (non-hydrogen) atoms. The molecule has 1 saturated heterocycles. The highest BCUT2D eigenvalue weighted by Gasteiger charge is 2.55. The lowest BCUT2D eigenvalue weighted by Crippen LogP contribution is -2.71. The number of quaternary nitrogens is 1. The number of carbonyl (C=O) groups excluding carboxylic acids is 2. The Balaban J connectivity index is 1.34. The minimum atomic E-state index is -1.14. The lowest BCUT2D eigenvalue weighted by atomic mass is 9.92. The third kappa shape index (κ3) is 4.31. The number of oxime groups is 1. The van der Waals surface area contributed by atoms with Gasteiger partial charge in [0, 0.05) is 27.9 Å². The van der Waals surface area contributed by atoms with E-state index in [2.05, 4.69) is 34.9 Å². The number of β-lactam (4-membered cyclic amide) rings is 1. The number of carboxylic acid groups (broad SMARTS) is 1. The first kappa shape index (κ1) is 24.5. The molecule has 1 aliphatic carbocycles. The van der Waals surface area contributed by atoms with Crippen molar-refractivity contribution in [3.05, 3.63) is 45.9 Å². The number of hydrogen-bond donors (Lipinski definition) is 3. The molecule has 0 radical (unpaired) electrons. The lowest BCUT2D eigenvalue weighted by molar-refractivity contribution is -0.799. The number of allylic oxidation sites excluding steroid dienone is 2. The van der Waals surface area contributed by atoms with E-state index in [1.54, 1.807) is 5.38 Å². The summed E-state index contributed by atoms with van der Waals surface area (Å²) in [7, 11) is 3.36. The highest BCUT2D eigenvalue weighted by atomic mass is 32.2. The maximum absolute atomic E-state index is 13.1. The van der Waals surface area contributed by atoms with Crippen LogP contribution >= 0.6 is 23.1 Å². The normalized spacial score (nSPS) is 24.9. The van der Waals surface area contributed by atoms with Crippen LogP contribution in [0.1, 0.15) is 31.4 Å². The molecule has 11 nitrogen and oxygen atoms in total. The van der Waals surface area contributed by atoms with Crippen LogP contribution in [0, 0.1) is 0 Å². The van der Waals surface area contributed by atoms with E-state index in [-0.39, 0.29) is 22.2 Å². The third-order valence-corrected chi connectivity index (χ3v) is 8.70. The van der Waals surface area contributed by atoms with Gasteiger partial charge in [-0.05, 0) is 25.7 Å². The molecule has 0 unspecified atom stereocenters. The molecule has 2 amide bonds. The van der Waals surface area contributed by atoms with Crippen LogP contribution in [0.15, 0.2) is 45.4 Å². The summed E-state index contributed by atoms with van der Waals surface area (Å²) in [5, 5.41) is 17.8. The second kappa shape index (κ2) is 9.37. The Morgan fingerprint density at radius 1 is 1.33 bits per heavy atom. The van der Waals surface area contributed by atoms with Crippen LogP contribution in [0.5, 0.6) is 0 Å². The van der Waals surface area contributed by atoms with Gasteiger partial charge < -0.3 is 21.0 Å². The second-order valence-electron chi connectivity index (χ2n) is 9.33. The van der Waals surface area contributed by atoms with E-state index in [9.17, 15) is 19.5 Å². The standard InChI is InChI=1S/C23H26N6O5S2/c1-29(7-12-5-3-4-6-13(12)8-29)9-14-10-35-21-17(20(31)28(21)18(14)22(32)33)26-19(30)16(27-34-2)15-11-36-23(24)25-15/h7-8,11,17,21H,3-6,9-10H2,1-2H3,(H3-,24,25,26,30,32,33)/p+1/b27-16-/t17-,21-/m1/s1. The van der Waals surface area contributed by atoms with Crippen LogP contribution in [-0.2, 0) is 19.2 Å². The molecule has 5 rings (SSSR count). The number of amides is 2. The van der Waals surface area contributed by atoms with Crippen molar-refractivity contribution in [3.8, 4) is 0 Å². The summed E-state index contributed by atoms with van der Waals surface area (Å²) in [6.07, 6.45) is 8.86. The Morgan fingerprint density at radius 2 is 2.03 bits per heavy atom. The fourth-order valence-corrected chi connectivity index (χ4v) is 7.09. The van der Waals surface area contributed by atoms with Crippen LogP contribution in [0.25, 0.3) is 0 Å². The maximum atomic E-state index is 13.1. The molecule has 0 spiro atoms. The fourth-order valence-electron chi connectivity index (χ4n) is 5.21. The topological polar surface area (TPSA) is 147 Å². The number of anilines is 1. The third-order valence-electron chi connectivity index (χ3n) is 6.69. The van der Waals surface area contributed by atoms with Gasteiger partial charge in [-0.3, -0.25) is 19.0 Å². The van der Waals surface area contributed by atoms with Crippen LogP contribution in [-0.4, -0.2) is 80.8 Å². The fraction of sp³-hybridized carbons (Fsp3) is 0.435. The van der Waals surface area contributed by atoms with Crippen molar-refractivity contribution >= 4 is 51.7 Å². The van der Waals surface area contributed by atoms with E-state index >= 15 is 0 Å². The highest BCUT2D eigenvalue weighted by Crippen LogP contribution is 2.42. The molecule has 4 heterocycles. The van der Waals surface area contributed by atoms with Crippen LogP contribution in [0.4, 0.5) is 5.13 Å². The van der Waals surface area contributed by atoms with Gasteiger partial charge in [-0.1, -0.05) is 5.16 Å². The quantitative estimate of drug-likeness (QED) is 0.208. The molecule has 190 valence electrons. The monoisotopic (exact) mass is 531 g/mol. The van der Waals surface area contributed by atoms with Crippen molar-refractivity contribution in [2.75, 3.05) is 32.2 Å². The van der Waals surface area contributed by atoms with Gasteiger partial charge in [-0.15, -0.1) is 23.1 Å². The van der Waals surface area contributed by atoms with Crippen molar-refractivity contribution < 1.29 is 28.8 Å². The van der Waals surface area contributed by atoms with Gasteiger partial charge in [0.2, 0.25) is 0 Å². The molecule has 2 fully saturated rings. The molecule has 0 bridgehead atoms. The minimum absolute atomic E-state index is 0.0123. The highest BCUT2D eigenvalue weighted by molar-refractivity contribution is 8.00. The van der Waals surface area contributed by atoms with Crippen molar-refractivity contribution in [2.24, 2.45) is 5.16 Å². The Morgan fingerprint density at radius 3 is 2.61 bits per heavy atom. The summed E-state index contributed by atoms with van der Waals surface area (Å²) < 4.78 is 0.498. The molecule has 2 atom stereocenters. The zero-order valence-corrected chi connectivity index (χ0v) is 21.5. The number of carboxylic acids is 1. The Kier molecular flexibility index (Phi) is 6.39. The number of nitrogens with one attached hydrogen (secondary N) is 1. The van der Waals surface area contributed by atoms with Crippen molar-refractivity contribution in [1.29, 1.82) is 0 Å². The molecule has 4 aliphatic rings. The predicted octanol–water partition coefficient (Wildman–Crippen LogP) is 1.62. The van der Waals surface area contributed by atoms with Crippen LogP contribution < -0.4 is 11.1 Å². The van der Waals surface area contributed by atoms with E-state index in [0.717, 1.165) is 24.2 Å². The number of aliphatic carboxylic acids is 1. The minimum Gasteiger partial charge on any atom is -0.477 e. The van der Waals surface area contributed by atoms with Crippen molar-refractivity contribution in [2.45, 2.75) is 37.1 Å². The molecule has 1 aromatic heterocycles. The molecule has 13 heteroatoms. The zero-order valence-electron chi connectivity index (χ0n) is 19.9. The molecule has 0 aromatic carbocycles. The first-order valence-electron chi connectivity index (χ1n) is 11.5. The molecule has 1 aromatic rings. The summed E-state index contributed by atoms with van der Waals surface area (Å²) in [6, 6.07) is -0.889. The van der Waals surface area contributed by atoms with Crippen molar-refractivity contribution in [1.82, 2.24) is 15.2 Å². The summed E-state index contributed by atoms with van der Waals surface area (Å²) in [6.45, 7) is 0.477. The van der Waals surface area contributed by atoms with Crippen LogP contribution in [0.3, 0.4) is 0 Å². The summed E-state index contributed by atoms with van der Waals surface area (Å²) in [5.74, 6) is -1.82. The number of nitrogen functional groups attached to an aromatic ring is 1. The number of hydrogen-bond acceptors (Lipinski definition) is 9. The average Bonchev–Trinajstić information content (AvgIpc) is 3.42. The summed E-state index contributed by atoms with van der Waals surface area (Å²) >= 11 is 2.59. The number of carbonyl (C=O) groups is 3. The number of fused-ring (bicyclic) bond motifs is 2. The van der Waals surface area contributed by atoms with Gasteiger partial charge in [0.15, 0.2) is 10.8 Å². The zero-order chi connectivity index (χ0) is 25.6. The van der Waals surface area contributed by atoms with Gasteiger partial charge in [0.05, 0.1) is 7.05 Å². The molecular weight excluding hydrogens is 504 g/mol. The van der Waals surface area contributed by atoms with E-state index in [1.165, 1.54) is 47.8 Å². The number of nitrogens with two attached hydrogens (primary N) is 1. The van der Waals surface area contributed by atoms with Gasteiger partial charge in [0.25, 0.3) is 11.8 Å². The number of thioether (sulfide) groups is 1. The van der Waals surface area contributed by atoms with E-state index in [4.69, 9.17) is 10.6 Å². The maximum Gasteiger partial charge on any atom is 0.352 e. The van der Waals surface area contributed by atoms with Gasteiger partial charge in [0.1, 0.15) is 48.9 Å².